The summed E-state index contributed by atoms with van der Waals surface area (Å²) in [4.78, 5) is 1.65. The first-order chi connectivity index (χ1) is 12.7. The minimum atomic E-state index is -4.03. The van der Waals surface area contributed by atoms with Crippen LogP contribution in [0.4, 0.5) is 20.2 Å². The van der Waals surface area contributed by atoms with Crippen LogP contribution in [0.1, 0.15) is 13.8 Å². The molecule has 0 radical (unpaired) electrons. The van der Waals surface area contributed by atoms with Gasteiger partial charge in [-0.3, -0.25) is 4.72 Å². The van der Waals surface area contributed by atoms with Crippen molar-refractivity contribution in [2.75, 3.05) is 22.7 Å². The molecular formula is C18H19ClF2N2O3S. The van der Waals surface area contributed by atoms with Gasteiger partial charge in [-0.15, -0.1) is 0 Å². The SMILES string of the molecule is CC1CN(c2ccc(NS(=O)(=O)c3ccc(F)c(Cl)c3)cc2F)CC(C)O1. The van der Waals surface area contributed by atoms with E-state index in [0.717, 1.165) is 24.3 Å². The first-order valence-corrected chi connectivity index (χ1v) is 10.2. The summed E-state index contributed by atoms with van der Waals surface area (Å²) in [5.74, 6) is -1.27. The van der Waals surface area contributed by atoms with E-state index in [4.69, 9.17) is 16.3 Å². The molecule has 27 heavy (non-hydrogen) atoms. The number of ether oxygens (including phenoxy) is 1. The van der Waals surface area contributed by atoms with E-state index in [9.17, 15) is 17.2 Å². The zero-order valence-corrected chi connectivity index (χ0v) is 16.3. The van der Waals surface area contributed by atoms with Crippen LogP contribution in [-0.2, 0) is 14.8 Å². The molecule has 1 heterocycles. The molecule has 0 bridgehead atoms. The fourth-order valence-corrected chi connectivity index (χ4v) is 4.38. The van der Waals surface area contributed by atoms with Gasteiger partial charge < -0.3 is 9.64 Å². The third-order valence-electron chi connectivity index (χ3n) is 4.16. The normalized spacial score (nSPS) is 20.6. The summed E-state index contributed by atoms with van der Waals surface area (Å²) in [6.07, 6.45) is -0.0656. The molecule has 1 N–H and O–H groups in total. The van der Waals surface area contributed by atoms with E-state index in [1.807, 2.05) is 18.7 Å². The Morgan fingerprint density at radius 2 is 1.74 bits per heavy atom. The van der Waals surface area contributed by atoms with Gasteiger partial charge in [-0.1, -0.05) is 11.6 Å². The minimum absolute atomic E-state index is 0.0328. The Balaban J connectivity index is 1.82. The van der Waals surface area contributed by atoms with Crippen LogP contribution in [0.5, 0.6) is 0 Å². The molecule has 146 valence electrons. The maximum atomic E-state index is 14.6. The van der Waals surface area contributed by atoms with Crippen LogP contribution >= 0.6 is 11.6 Å². The maximum Gasteiger partial charge on any atom is 0.261 e. The van der Waals surface area contributed by atoms with E-state index in [1.54, 1.807) is 0 Å². The highest BCUT2D eigenvalue weighted by molar-refractivity contribution is 7.92. The van der Waals surface area contributed by atoms with Crippen LogP contribution in [0.2, 0.25) is 5.02 Å². The van der Waals surface area contributed by atoms with Gasteiger partial charge in [0.25, 0.3) is 10.0 Å². The lowest BCUT2D eigenvalue weighted by Crippen LogP contribution is -2.45. The lowest BCUT2D eigenvalue weighted by Gasteiger charge is -2.37. The topological polar surface area (TPSA) is 58.6 Å². The Kier molecular flexibility index (Phi) is 5.60. The molecule has 0 saturated carbocycles. The molecular weight excluding hydrogens is 398 g/mol. The van der Waals surface area contributed by atoms with Crippen molar-refractivity contribution in [1.82, 2.24) is 0 Å². The summed E-state index contributed by atoms with van der Waals surface area (Å²) in [7, 11) is -4.03. The third-order valence-corrected chi connectivity index (χ3v) is 5.83. The van der Waals surface area contributed by atoms with E-state index < -0.39 is 21.7 Å². The summed E-state index contributed by atoms with van der Waals surface area (Å²) >= 11 is 5.64. The van der Waals surface area contributed by atoms with Gasteiger partial charge >= 0.3 is 0 Å². The van der Waals surface area contributed by atoms with Crippen LogP contribution < -0.4 is 9.62 Å². The molecule has 0 spiro atoms. The number of nitrogens with one attached hydrogen (secondary N) is 1. The zero-order chi connectivity index (χ0) is 19.8. The molecule has 0 aliphatic carbocycles. The number of hydrogen-bond acceptors (Lipinski definition) is 4. The molecule has 1 fully saturated rings. The summed E-state index contributed by atoms with van der Waals surface area (Å²) in [5, 5.41) is -0.310. The van der Waals surface area contributed by atoms with Crippen LogP contribution in [0.15, 0.2) is 41.3 Å². The number of benzene rings is 2. The van der Waals surface area contributed by atoms with Crippen LogP contribution in [-0.4, -0.2) is 33.7 Å². The molecule has 0 amide bonds. The van der Waals surface area contributed by atoms with Crippen molar-refractivity contribution < 1.29 is 21.9 Å². The number of halogens is 3. The molecule has 1 aliphatic heterocycles. The first kappa shape index (κ1) is 19.9. The highest BCUT2D eigenvalue weighted by atomic mass is 35.5. The quantitative estimate of drug-likeness (QED) is 0.817. The molecule has 2 aromatic carbocycles. The van der Waals surface area contributed by atoms with Crippen molar-refractivity contribution in [1.29, 1.82) is 0 Å². The van der Waals surface area contributed by atoms with Crippen molar-refractivity contribution in [3.05, 3.63) is 53.1 Å². The second-order valence-corrected chi connectivity index (χ2v) is 8.60. The molecule has 2 aromatic rings. The molecule has 3 rings (SSSR count). The lowest BCUT2D eigenvalue weighted by atomic mass is 10.2. The predicted molar refractivity (Wildman–Crippen MR) is 101 cm³/mol. The number of hydrogen-bond donors (Lipinski definition) is 1. The van der Waals surface area contributed by atoms with Gasteiger partial charge in [0.1, 0.15) is 11.6 Å². The minimum Gasteiger partial charge on any atom is -0.372 e. The van der Waals surface area contributed by atoms with Gasteiger partial charge in [-0.2, -0.15) is 0 Å². The number of morpholine rings is 1. The van der Waals surface area contributed by atoms with E-state index in [-0.39, 0.29) is 27.8 Å². The molecule has 2 atom stereocenters. The fraction of sp³-hybridized carbons (Fsp3) is 0.333. The number of anilines is 2. The Bertz CT molecular complexity index is 946. The van der Waals surface area contributed by atoms with Crippen LogP contribution in [0.25, 0.3) is 0 Å². The van der Waals surface area contributed by atoms with E-state index in [2.05, 4.69) is 4.72 Å². The molecule has 5 nitrogen and oxygen atoms in total. The van der Waals surface area contributed by atoms with Crippen molar-refractivity contribution in [3.63, 3.8) is 0 Å². The van der Waals surface area contributed by atoms with Crippen LogP contribution in [0.3, 0.4) is 0 Å². The molecule has 1 saturated heterocycles. The zero-order valence-electron chi connectivity index (χ0n) is 14.7. The van der Waals surface area contributed by atoms with Crippen LogP contribution in [0, 0.1) is 11.6 Å². The second-order valence-electron chi connectivity index (χ2n) is 6.51. The molecule has 2 unspecified atom stereocenters. The molecule has 9 heteroatoms. The number of rotatable bonds is 4. The number of nitrogens with zero attached hydrogens (tertiary/aromatic N) is 1. The monoisotopic (exact) mass is 416 g/mol. The predicted octanol–water partition coefficient (Wildman–Crippen LogP) is 4.03. The van der Waals surface area contributed by atoms with Gasteiger partial charge in [0.2, 0.25) is 0 Å². The van der Waals surface area contributed by atoms with Gasteiger partial charge in [-0.05, 0) is 44.2 Å². The summed E-state index contributed by atoms with van der Waals surface area (Å²) in [5.41, 5.74) is 0.441. The fourth-order valence-electron chi connectivity index (χ4n) is 3.06. The van der Waals surface area contributed by atoms with Crippen molar-refractivity contribution in [2.24, 2.45) is 0 Å². The highest BCUT2D eigenvalue weighted by Crippen LogP contribution is 2.28. The van der Waals surface area contributed by atoms with E-state index in [1.165, 1.54) is 12.1 Å². The third kappa shape index (κ3) is 4.51. The maximum absolute atomic E-state index is 14.6. The average molecular weight is 417 g/mol. The smallest absolute Gasteiger partial charge is 0.261 e. The average Bonchev–Trinajstić information content (AvgIpc) is 2.56. The summed E-state index contributed by atoms with van der Waals surface area (Å²) < 4.78 is 60.6. The lowest BCUT2D eigenvalue weighted by molar-refractivity contribution is -0.00539. The second kappa shape index (κ2) is 7.61. The molecule has 0 aromatic heterocycles. The van der Waals surface area contributed by atoms with Gasteiger partial charge in [0.15, 0.2) is 0 Å². The molecule has 1 aliphatic rings. The Morgan fingerprint density at radius 3 is 2.33 bits per heavy atom. The van der Waals surface area contributed by atoms with Gasteiger partial charge in [-0.25, -0.2) is 17.2 Å². The van der Waals surface area contributed by atoms with E-state index >= 15 is 0 Å². The first-order valence-electron chi connectivity index (χ1n) is 8.33. The van der Waals surface area contributed by atoms with Gasteiger partial charge in [0, 0.05) is 19.2 Å². The van der Waals surface area contributed by atoms with E-state index in [0.29, 0.717) is 18.8 Å². The largest absolute Gasteiger partial charge is 0.372 e. The Labute approximate surface area is 161 Å². The Hall–Kier alpha value is -1.90. The highest BCUT2D eigenvalue weighted by Gasteiger charge is 2.25. The number of sulfonamides is 1. The van der Waals surface area contributed by atoms with Crippen molar-refractivity contribution >= 4 is 33.0 Å². The van der Waals surface area contributed by atoms with Gasteiger partial charge in [0.05, 0.1) is 33.5 Å². The standard InChI is InChI=1S/C18H19ClF2N2O3S/c1-11-9-23(10-12(2)26-11)18-6-3-13(7-17(18)21)22-27(24,25)14-4-5-16(20)15(19)8-14/h3-8,11-12,22H,9-10H2,1-2H3. The Morgan fingerprint density at radius 1 is 1.07 bits per heavy atom. The summed E-state index contributed by atoms with van der Waals surface area (Å²) in [6, 6.07) is 7.16. The van der Waals surface area contributed by atoms with Crippen molar-refractivity contribution in [2.45, 2.75) is 31.0 Å². The van der Waals surface area contributed by atoms with Crippen molar-refractivity contribution in [3.8, 4) is 0 Å². The summed E-state index contributed by atoms with van der Waals surface area (Å²) in [6.45, 7) is 4.91.